The number of aliphatic hydroxyl groups excluding tert-OH is 2. The average Bonchev–Trinajstić information content (AvgIpc) is 2.57. The van der Waals surface area contributed by atoms with Gasteiger partial charge in [-0.3, -0.25) is 0 Å². The van der Waals surface area contributed by atoms with Crippen LogP contribution in [0.4, 0.5) is 0 Å². The molecule has 3 aliphatic rings. The summed E-state index contributed by atoms with van der Waals surface area (Å²) in [7, 11) is 1.74. The van der Waals surface area contributed by atoms with Crippen molar-refractivity contribution in [1.29, 1.82) is 0 Å². The maximum absolute atomic E-state index is 10.8. The van der Waals surface area contributed by atoms with E-state index in [1.165, 1.54) is 0 Å². The van der Waals surface area contributed by atoms with Gasteiger partial charge in [-0.25, -0.2) is 0 Å². The maximum atomic E-state index is 10.8. The summed E-state index contributed by atoms with van der Waals surface area (Å²) < 4.78 is 5.87. The Morgan fingerprint density at radius 1 is 1.32 bits per heavy atom. The van der Waals surface area contributed by atoms with Crippen molar-refractivity contribution in [2.45, 2.75) is 51.7 Å². The lowest BCUT2D eigenvalue weighted by Crippen LogP contribution is -2.66. The summed E-state index contributed by atoms with van der Waals surface area (Å²) in [4.78, 5) is 0. The highest BCUT2D eigenvalue weighted by atomic mass is 16.5. The van der Waals surface area contributed by atoms with Crippen molar-refractivity contribution < 1.29 is 14.9 Å². The van der Waals surface area contributed by atoms with E-state index in [-0.39, 0.29) is 35.1 Å². The SMILES string of the molecule is CO[C@@]12CC[C@]1(C)[C@@H]1[C@H](C=C2CO)CC(C)(C)[C@@H]1O. The first-order valence-electron chi connectivity index (χ1n) is 7.38. The minimum atomic E-state index is -0.343. The highest BCUT2D eigenvalue weighted by Gasteiger charge is 2.69. The van der Waals surface area contributed by atoms with Crippen molar-refractivity contribution in [3.63, 3.8) is 0 Å². The maximum Gasteiger partial charge on any atom is 0.0967 e. The fourth-order valence-corrected chi connectivity index (χ4v) is 5.31. The molecule has 108 valence electrons. The smallest absolute Gasteiger partial charge is 0.0967 e. The van der Waals surface area contributed by atoms with Crippen LogP contribution >= 0.6 is 0 Å². The summed E-state index contributed by atoms with van der Waals surface area (Å²) in [5, 5.41) is 20.5. The van der Waals surface area contributed by atoms with Crippen molar-refractivity contribution in [3.05, 3.63) is 11.6 Å². The van der Waals surface area contributed by atoms with E-state index in [4.69, 9.17) is 4.74 Å². The number of hydrogen-bond donors (Lipinski definition) is 2. The fourth-order valence-electron chi connectivity index (χ4n) is 5.31. The van der Waals surface area contributed by atoms with Crippen LogP contribution < -0.4 is 0 Å². The van der Waals surface area contributed by atoms with E-state index in [9.17, 15) is 10.2 Å². The second-order valence-electron chi connectivity index (χ2n) is 7.63. The summed E-state index contributed by atoms with van der Waals surface area (Å²) in [6, 6.07) is 0. The van der Waals surface area contributed by atoms with E-state index >= 15 is 0 Å². The molecule has 0 bridgehead atoms. The van der Waals surface area contributed by atoms with Crippen molar-refractivity contribution >= 4 is 0 Å². The molecule has 0 aromatic rings. The lowest BCUT2D eigenvalue weighted by Gasteiger charge is -2.64. The Morgan fingerprint density at radius 2 is 2.00 bits per heavy atom. The molecule has 0 unspecified atom stereocenters. The normalized spacial score (nSPS) is 51.1. The van der Waals surface area contributed by atoms with E-state index in [1.54, 1.807) is 7.11 Å². The van der Waals surface area contributed by atoms with Crippen molar-refractivity contribution in [2.24, 2.45) is 22.7 Å². The number of fused-ring (bicyclic) bond motifs is 3. The summed E-state index contributed by atoms with van der Waals surface area (Å²) in [5.41, 5.74) is 0.612. The van der Waals surface area contributed by atoms with Crippen molar-refractivity contribution in [2.75, 3.05) is 13.7 Å². The Hall–Kier alpha value is -0.380. The topological polar surface area (TPSA) is 49.7 Å². The van der Waals surface area contributed by atoms with E-state index in [0.29, 0.717) is 5.92 Å². The Bertz CT molecular complexity index is 424. The van der Waals surface area contributed by atoms with Gasteiger partial charge in [0.15, 0.2) is 0 Å². The highest BCUT2D eigenvalue weighted by Crippen LogP contribution is 2.69. The highest BCUT2D eigenvalue weighted by molar-refractivity contribution is 5.36. The molecule has 0 radical (unpaired) electrons. The summed E-state index contributed by atoms with van der Waals surface area (Å²) in [6.45, 7) is 6.62. The first-order chi connectivity index (χ1) is 8.82. The van der Waals surface area contributed by atoms with E-state index < -0.39 is 0 Å². The molecule has 0 aliphatic heterocycles. The van der Waals surface area contributed by atoms with Crippen LogP contribution in [-0.2, 0) is 4.74 Å². The first kappa shape index (κ1) is 13.6. The molecular weight excluding hydrogens is 240 g/mol. The molecule has 0 spiro atoms. The number of allylic oxidation sites excluding steroid dienone is 1. The molecule has 0 saturated heterocycles. The summed E-state index contributed by atoms with van der Waals surface area (Å²) >= 11 is 0. The standard InChI is InChI=1S/C16H26O3/c1-14(2)8-10-7-11(9-17)16(19-4)6-5-15(16,3)12(10)13(14)18/h7,10,12-13,17-18H,5-6,8-9H2,1-4H3/t10-,12-,13-,15-,16-/m1/s1. The van der Waals surface area contributed by atoms with Crippen molar-refractivity contribution in [3.8, 4) is 0 Å². The van der Waals surface area contributed by atoms with Crippen LogP contribution in [0.2, 0.25) is 0 Å². The lowest BCUT2D eigenvalue weighted by atomic mass is 9.45. The average molecular weight is 266 g/mol. The molecule has 3 rings (SSSR count). The number of aliphatic hydroxyl groups is 2. The molecule has 3 nitrogen and oxygen atoms in total. The third-order valence-corrected chi connectivity index (χ3v) is 6.47. The molecule has 19 heavy (non-hydrogen) atoms. The van der Waals surface area contributed by atoms with E-state index in [0.717, 1.165) is 24.8 Å². The van der Waals surface area contributed by atoms with Crippen LogP contribution in [0.25, 0.3) is 0 Å². The van der Waals surface area contributed by atoms with Gasteiger partial charge in [0.1, 0.15) is 0 Å². The first-order valence-corrected chi connectivity index (χ1v) is 7.38. The second kappa shape index (κ2) is 3.84. The van der Waals surface area contributed by atoms with Crippen LogP contribution in [0, 0.1) is 22.7 Å². The largest absolute Gasteiger partial charge is 0.392 e. The number of methoxy groups -OCH3 is 1. The third kappa shape index (κ3) is 1.39. The van der Waals surface area contributed by atoms with Gasteiger partial charge in [0.25, 0.3) is 0 Å². The van der Waals surface area contributed by atoms with Crippen molar-refractivity contribution in [1.82, 2.24) is 0 Å². The van der Waals surface area contributed by atoms with Gasteiger partial charge >= 0.3 is 0 Å². The zero-order chi connectivity index (χ0) is 14.1. The number of rotatable bonds is 2. The Kier molecular flexibility index (Phi) is 2.74. The minimum Gasteiger partial charge on any atom is -0.392 e. The molecule has 0 amide bonds. The van der Waals surface area contributed by atoms with Gasteiger partial charge in [-0.05, 0) is 36.2 Å². The Balaban J connectivity index is 2.10. The Morgan fingerprint density at radius 3 is 2.47 bits per heavy atom. The predicted molar refractivity (Wildman–Crippen MR) is 73.6 cm³/mol. The van der Waals surface area contributed by atoms with Gasteiger partial charge in [0.05, 0.1) is 18.3 Å². The van der Waals surface area contributed by atoms with Gasteiger partial charge in [0.2, 0.25) is 0 Å². The zero-order valence-corrected chi connectivity index (χ0v) is 12.4. The van der Waals surface area contributed by atoms with Gasteiger partial charge in [-0.2, -0.15) is 0 Å². The van der Waals surface area contributed by atoms with E-state index in [2.05, 4.69) is 26.8 Å². The molecule has 0 aromatic carbocycles. The summed E-state index contributed by atoms with van der Waals surface area (Å²) in [6.07, 6.45) is 4.95. The van der Waals surface area contributed by atoms with E-state index in [1.807, 2.05) is 0 Å². The van der Waals surface area contributed by atoms with Crippen LogP contribution in [-0.4, -0.2) is 35.6 Å². The number of ether oxygens (including phenoxy) is 1. The van der Waals surface area contributed by atoms with Crippen LogP contribution in [0.3, 0.4) is 0 Å². The molecule has 2 N–H and O–H groups in total. The number of hydrogen-bond acceptors (Lipinski definition) is 3. The second-order valence-corrected chi connectivity index (χ2v) is 7.63. The molecule has 2 saturated carbocycles. The lowest BCUT2D eigenvalue weighted by molar-refractivity contribution is -0.211. The zero-order valence-electron chi connectivity index (χ0n) is 12.4. The van der Waals surface area contributed by atoms with Gasteiger partial charge in [-0.1, -0.05) is 26.8 Å². The van der Waals surface area contributed by atoms with Gasteiger partial charge < -0.3 is 14.9 Å². The Labute approximate surface area is 115 Å². The summed E-state index contributed by atoms with van der Waals surface area (Å²) in [5.74, 6) is 0.632. The third-order valence-electron chi connectivity index (χ3n) is 6.47. The molecule has 2 fully saturated rings. The minimum absolute atomic E-state index is 0.0353. The van der Waals surface area contributed by atoms with Crippen LogP contribution in [0.1, 0.15) is 40.0 Å². The quantitative estimate of drug-likeness (QED) is 0.753. The van der Waals surface area contributed by atoms with Crippen LogP contribution in [0.15, 0.2) is 11.6 Å². The molecule has 3 aliphatic carbocycles. The molecule has 0 aromatic heterocycles. The predicted octanol–water partition coefficient (Wildman–Crippen LogP) is 2.13. The molecular formula is C16H26O3. The fraction of sp³-hybridized carbons (Fsp3) is 0.875. The monoisotopic (exact) mass is 266 g/mol. The van der Waals surface area contributed by atoms with Gasteiger partial charge in [0, 0.05) is 18.4 Å². The molecule has 3 heteroatoms. The molecule has 0 heterocycles. The molecule has 5 atom stereocenters. The van der Waals surface area contributed by atoms with Crippen LogP contribution in [0.5, 0.6) is 0 Å². The van der Waals surface area contributed by atoms with Gasteiger partial charge in [-0.15, -0.1) is 0 Å².